The molecule has 1 aromatic carbocycles. The van der Waals surface area contributed by atoms with Gasteiger partial charge in [0.1, 0.15) is 10.8 Å². The maximum absolute atomic E-state index is 12.5. The highest BCUT2D eigenvalue weighted by Crippen LogP contribution is 2.30. The Labute approximate surface area is 125 Å². The van der Waals surface area contributed by atoms with Crippen LogP contribution >= 0.6 is 27.5 Å². The van der Waals surface area contributed by atoms with Crippen molar-refractivity contribution < 1.29 is 18.0 Å². The number of carbonyl (C=O) groups excluding carboxylic acids is 1. The van der Waals surface area contributed by atoms with E-state index in [9.17, 15) is 18.0 Å². The van der Waals surface area contributed by atoms with Crippen LogP contribution in [0.2, 0.25) is 5.15 Å². The molecule has 0 aliphatic carbocycles. The molecule has 2 nitrogen and oxygen atoms in total. The fourth-order valence-electron chi connectivity index (χ4n) is 1.55. The molecule has 1 heterocycles. The van der Waals surface area contributed by atoms with E-state index in [1.54, 1.807) is 24.3 Å². The molecular formula is C13H6BrClF3NO. The first-order valence-electron chi connectivity index (χ1n) is 5.33. The van der Waals surface area contributed by atoms with Gasteiger partial charge < -0.3 is 0 Å². The summed E-state index contributed by atoms with van der Waals surface area (Å²) in [6.45, 7) is 0. The normalized spacial score (nSPS) is 11.4. The van der Waals surface area contributed by atoms with Crippen molar-refractivity contribution in [1.82, 2.24) is 4.98 Å². The van der Waals surface area contributed by atoms with Gasteiger partial charge in [-0.05, 0) is 24.3 Å². The standard InChI is InChI=1S/C13H6BrClF3NO/c14-9-4-2-1-3-7(9)11(20)8-5-6-10(13(16,17)18)19-12(8)15/h1-6H. The highest BCUT2D eigenvalue weighted by Gasteiger charge is 2.33. The molecule has 0 fully saturated rings. The quantitative estimate of drug-likeness (QED) is 0.569. The van der Waals surface area contributed by atoms with Crippen LogP contribution in [0.5, 0.6) is 0 Å². The molecule has 0 saturated heterocycles. The zero-order valence-electron chi connectivity index (χ0n) is 9.71. The molecule has 0 atom stereocenters. The molecule has 20 heavy (non-hydrogen) atoms. The lowest BCUT2D eigenvalue weighted by Gasteiger charge is -2.09. The van der Waals surface area contributed by atoms with Gasteiger partial charge in [0.15, 0.2) is 5.78 Å². The molecular weight excluding hydrogens is 358 g/mol. The van der Waals surface area contributed by atoms with Crippen molar-refractivity contribution >= 4 is 33.3 Å². The minimum Gasteiger partial charge on any atom is -0.288 e. The summed E-state index contributed by atoms with van der Waals surface area (Å²) in [5.41, 5.74) is -0.909. The summed E-state index contributed by atoms with van der Waals surface area (Å²) in [4.78, 5) is 15.4. The minimum atomic E-state index is -4.60. The first kappa shape index (κ1) is 15.0. The number of hydrogen-bond donors (Lipinski definition) is 0. The van der Waals surface area contributed by atoms with E-state index in [2.05, 4.69) is 20.9 Å². The monoisotopic (exact) mass is 363 g/mol. The number of ketones is 1. The molecule has 0 spiro atoms. The molecule has 0 bridgehead atoms. The van der Waals surface area contributed by atoms with E-state index < -0.39 is 22.8 Å². The first-order chi connectivity index (χ1) is 9.30. The third-order valence-corrected chi connectivity index (χ3v) is 3.48. The first-order valence-corrected chi connectivity index (χ1v) is 6.51. The Kier molecular flexibility index (Phi) is 4.15. The fraction of sp³-hybridized carbons (Fsp3) is 0.0769. The number of alkyl halides is 3. The zero-order chi connectivity index (χ0) is 14.9. The van der Waals surface area contributed by atoms with Crippen LogP contribution < -0.4 is 0 Å². The van der Waals surface area contributed by atoms with Crippen molar-refractivity contribution in [3.63, 3.8) is 0 Å². The van der Waals surface area contributed by atoms with Crippen LogP contribution in [0, 0.1) is 0 Å². The molecule has 104 valence electrons. The van der Waals surface area contributed by atoms with E-state index in [0.717, 1.165) is 12.1 Å². The summed E-state index contributed by atoms with van der Waals surface area (Å²) in [6, 6.07) is 8.31. The number of rotatable bonds is 2. The Balaban J connectivity index is 2.45. The van der Waals surface area contributed by atoms with E-state index >= 15 is 0 Å². The average molecular weight is 365 g/mol. The molecule has 0 aliphatic heterocycles. The van der Waals surface area contributed by atoms with Crippen LogP contribution in [0.25, 0.3) is 0 Å². The number of benzene rings is 1. The Bertz CT molecular complexity index is 673. The number of pyridine rings is 1. The second-order valence-corrected chi connectivity index (χ2v) is 5.05. The maximum Gasteiger partial charge on any atom is 0.433 e. The second kappa shape index (κ2) is 5.54. The van der Waals surface area contributed by atoms with Gasteiger partial charge in [0.05, 0.1) is 5.56 Å². The molecule has 0 unspecified atom stereocenters. The van der Waals surface area contributed by atoms with Crippen molar-refractivity contribution in [3.8, 4) is 0 Å². The number of carbonyl (C=O) groups is 1. The van der Waals surface area contributed by atoms with Gasteiger partial charge in [0, 0.05) is 10.0 Å². The average Bonchev–Trinajstić information content (AvgIpc) is 2.37. The molecule has 0 N–H and O–H groups in total. The Morgan fingerprint density at radius 1 is 1.10 bits per heavy atom. The number of nitrogens with zero attached hydrogens (tertiary/aromatic N) is 1. The molecule has 0 aliphatic rings. The van der Waals surface area contributed by atoms with E-state index in [1.165, 1.54) is 0 Å². The van der Waals surface area contributed by atoms with Gasteiger partial charge >= 0.3 is 6.18 Å². The van der Waals surface area contributed by atoms with Crippen molar-refractivity contribution in [3.05, 3.63) is 62.8 Å². The lowest BCUT2D eigenvalue weighted by Crippen LogP contribution is -2.11. The molecule has 0 radical (unpaired) electrons. The summed E-state index contributed by atoms with van der Waals surface area (Å²) in [7, 11) is 0. The van der Waals surface area contributed by atoms with Crippen LogP contribution in [-0.4, -0.2) is 10.8 Å². The predicted molar refractivity (Wildman–Crippen MR) is 71.8 cm³/mol. The van der Waals surface area contributed by atoms with Crippen LogP contribution in [0.3, 0.4) is 0 Å². The van der Waals surface area contributed by atoms with E-state index in [-0.39, 0.29) is 5.56 Å². The Morgan fingerprint density at radius 2 is 1.75 bits per heavy atom. The largest absolute Gasteiger partial charge is 0.433 e. The van der Waals surface area contributed by atoms with Gasteiger partial charge in [0.25, 0.3) is 0 Å². The smallest absolute Gasteiger partial charge is 0.288 e. The summed E-state index contributed by atoms with van der Waals surface area (Å²) in [6.07, 6.45) is -4.60. The van der Waals surface area contributed by atoms with Gasteiger partial charge in [-0.3, -0.25) is 4.79 Å². The third kappa shape index (κ3) is 3.02. The predicted octanol–water partition coefficient (Wildman–Crippen LogP) is 4.75. The van der Waals surface area contributed by atoms with Crippen molar-refractivity contribution in [2.75, 3.05) is 0 Å². The number of halogens is 5. The van der Waals surface area contributed by atoms with Gasteiger partial charge in [-0.15, -0.1) is 0 Å². The van der Waals surface area contributed by atoms with Gasteiger partial charge in [-0.1, -0.05) is 39.7 Å². The van der Waals surface area contributed by atoms with E-state index in [0.29, 0.717) is 10.0 Å². The van der Waals surface area contributed by atoms with Gasteiger partial charge in [-0.2, -0.15) is 13.2 Å². The lowest BCUT2D eigenvalue weighted by molar-refractivity contribution is -0.141. The van der Waals surface area contributed by atoms with Crippen LogP contribution in [-0.2, 0) is 6.18 Å². The molecule has 0 amide bonds. The Morgan fingerprint density at radius 3 is 2.30 bits per heavy atom. The molecule has 2 aromatic rings. The van der Waals surface area contributed by atoms with E-state index in [4.69, 9.17) is 11.6 Å². The van der Waals surface area contributed by atoms with Crippen molar-refractivity contribution in [1.29, 1.82) is 0 Å². The summed E-state index contributed by atoms with van der Waals surface area (Å²) in [5, 5.41) is -0.472. The number of hydrogen-bond acceptors (Lipinski definition) is 2. The maximum atomic E-state index is 12.5. The minimum absolute atomic E-state index is 0.0773. The third-order valence-electron chi connectivity index (χ3n) is 2.50. The zero-order valence-corrected chi connectivity index (χ0v) is 12.1. The van der Waals surface area contributed by atoms with E-state index in [1.807, 2.05) is 0 Å². The van der Waals surface area contributed by atoms with Gasteiger partial charge in [-0.25, -0.2) is 4.98 Å². The van der Waals surface area contributed by atoms with Crippen LogP contribution in [0.15, 0.2) is 40.9 Å². The van der Waals surface area contributed by atoms with Crippen molar-refractivity contribution in [2.45, 2.75) is 6.18 Å². The lowest BCUT2D eigenvalue weighted by atomic mass is 10.0. The molecule has 7 heteroatoms. The SMILES string of the molecule is O=C(c1ccccc1Br)c1ccc(C(F)(F)F)nc1Cl. The van der Waals surface area contributed by atoms with Crippen LogP contribution in [0.4, 0.5) is 13.2 Å². The fourth-order valence-corrected chi connectivity index (χ4v) is 2.26. The molecule has 1 aromatic heterocycles. The highest BCUT2D eigenvalue weighted by molar-refractivity contribution is 9.10. The highest BCUT2D eigenvalue weighted by atomic mass is 79.9. The number of aromatic nitrogens is 1. The van der Waals surface area contributed by atoms with Crippen molar-refractivity contribution in [2.24, 2.45) is 0 Å². The van der Waals surface area contributed by atoms with Gasteiger partial charge in [0.2, 0.25) is 0 Å². The molecule has 2 rings (SSSR count). The van der Waals surface area contributed by atoms with Crippen LogP contribution in [0.1, 0.15) is 21.6 Å². The summed E-state index contributed by atoms with van der Waals surface area (Å²) in [5.74, 6) is -0.497. The Hall–Kier alpha value is -1.40. The summed E-state index contributed by atoms with van der Waals surface area (Å²) < 4.78 is 38.0. The summed E-state index contributed by atoms with van der Waals surface area (Å²) >= 11 is 8.89. The topological polar surface area (TPSA) is 30.0 Å². The second-order valence-electron chi connectivity index (χ2n) is 3.84. The molecule has 0 saturated carbocycles.